The summed E-state index contributed by atoms with van der Waals surface area (Å²) in [5, 5.41) is 3.59. The number of benzene rings is 2. The zero-order valence-corrected chi connectivity index (χ0v) is 19.8. The summed E-state index contributed by atoms with van der Waals surface area (Å²) in [6, 6.07) is 19.9. The molecule has 0 spiro atoms. The van der Waals surface area contributed by atoms with Crippen LogP contribution in [-0.2, 0) is 17.8 Å². The van der Waals surface area contributed by atoms with E-state index in [2.05, 4.69) is 69.7 Å². The number of nitrogens with zero attached hydrogens (tertiary/aromatic N) is 2. The summed E-state index contributed by atoms with van der Waals surface area (Å²) in [6.07, 6.45) is 5.17. The van der Waals surface area contributed by atoms with E-state index in [0.717, 1.165) is 51.9 Å². The average Bonchev–Trinajstić information content (AvgIpc) is 3.32. The maximum Gasteiger partial charge on any atom is 0.240 e. The lowest BCUT2D eigenvalue weighted by atomic mass is 9.90. The van der Waals surface area contributed by atoms with Gasteiger partial charge in [-0.05, 0) is 68.2 Å². The number of rotatable bonds is 5. The van der Waals surface area contributed by atoms with E-state index in [9.17, 15) is 4.79 Å². The smallest absolute Gasteiger partial charge is 0.240 e. The van der Waals surface area contributed by atoms with Crippen LogP contribution in [0.2, 0.25) is 0 Å². The molecule has 2 aromatic carbocycles. The Kier molecular flexibility index (Phi) is 6.81. The van der Waals surface area contributed by atoms with Gasteiger partial charge in [-0.3, -0.25) is 4.79 Å². The SMILES string of the molecule is CC(N)C1CCCC(C(=O)N2Cc3ccccc3CC2CN2CCC(c3ccccc3)C2)N1. The monoisotopic (exact) mass is 446 g/mol. The largest absolute Gasteiger partial charge is 0.332 e. The number of hydrogen-bond donors (Lipinski definition) is 2. The molecule has 33 heavy (non-hydrogen) atoms. The van der Waals surface area contributed by atoms with Crippen molar-refractivity contribution >= 4 is 5.91 Å². The van der Waals surface area contributed by atoms with E-state index in [1.54, 1.807) is 0 Å². The molecule has 5 unspecified atom stereocenters. The molecule has 5 rings (SSSR count). The maximum absolute atomic E-state index is 13.8. The van der Waals surface area contributed by atoms with Crippen molar-refractivity contribution in [3.8, 4) is 0 Å². The fraction of sp³-hybridized carbons (Fsp3) is 0.536. The van der Waals surface area contributed by atoms with Crippen molar-refractivity contribution in [3.05, 3.63) is 71.3 Å². The van der Waals surface area contributed by atoms with Crippen LogP contribution < -0.4 is 11.1 Å². The molecule has 5 nitrogen and oxygen atoms in total. The van der Waals surface area contributed by atoms with Crippen molar-refractivity contribution in [1.29, 1.82) is 0 Å². The van der Waals surface area contributed by atoms with Crippen molar-refractivity contribution in [3.63, 3.8) is 0 Å². The predicted molar refractivity (Wildman–Crippen MR) is 133 cm³/mol. The van der Waals surface area contributed by atoms with E-state index < -0.39 is 0 Å². The number of fused-ring (bicyclic) bond motifs is 1. The van der Waals surface area contributed by atoms with E-state index in [1.807, 2.05) is 6.92 Å². The van der Waals surface area contributed by atoms with Gasteiger partial charge >= 0.3 is 0 Å². The highest BCUT2D eigenvalue weighted by Crippen LogP contribution is 2.30. The van der Waals surface area contributed by atoms with Gasteiger partial charge in [-0.15, -0.1) is 0 Å². The predicted octanol–water partition coefficient (Wildman–Crippen LogP) is 3.29. The van der Waals surface area contributed by atoms with Gasteiger partial charge in [0, 0.05) is 37.8 Å². The number of carbonyl (C=O) groups is 1. The first kappa shape index (κ1) is 22.6. The van der Waals surface area contributed by atoms with Crippen molar-refractivity contribution in [2.24, 2.45) is 5.73 Å². The number of carbonyl (C=O) groups excluding carboxylic acids is 1. The summed E-state index contributed by atoms with van der Waals surface area (Å²) in [4.78, 5) is 18.6. The standard InChI is InChI=1S/C28H38N4O/c1-20(29)26-12-7-13-27(30-26)28(33)32-18-23-11-6-5-10-22(23)16-25(32)19-31-15-14-24(17-31)21-8-3-2-4-9-21/h2-6,8-11,20,24-27,30H,7,12-19,29H2,1H3. The van der Waals surface area contributed by atoms with Crippen molar-refractivity contribution in [1.82, 2.24) is 15.1 Å². The molecule has 5 atom stereocenters. The lowest BCUT2D eigenvalue weighted by Crippen LogP contribution is -2.59. The van der Waals surface area contributed by atoms with Gasteiger partial charge in [0.1, 0.15) is 0 Å². The highest BCUT2D eigenvalue weighted by molar-refractivity contribution is 5.82. The number of amides is 1. The third-order valence-corrected chi connectivity index (χ3v) is 8.01. The molecule has 3 heterocycles. The normalized spacial score (nSPS) is 29.0. The first-order chi connectivity index (χ1) is 16.1. The molecule has 3 N–H and O–H groups in total. The molecule has 5 heteroatoms. The van der Waals surface area contributed by atoms with Gasteiger partial charge in [0.15, 0.2) is 0 Å². The maximum atomic E-state index is 13.8. The zero-order chi connectivity index (χ0) is 22.8. The number of piperidine rings is 1. The molecule has 0 bridgehead atoms. The van der Waals surface area contributed by atoms with Crippen LogP contribution in [-0.4, -0.2) is 59.5 Å². The summed E-state index contributed by atoms with van der Waals surface area (Å²) < 4.78 is 0. The van der Waals surface area contributed by atoms with Crippen LogP contribution in [0.25, 0.3) is 0 Å². The molecule has 1 amide bonds. The van der Waals surface area contributed by atoms with Crippen LogP contribution >= 0.6 is 0 Å². The Bertz CT molecular complexity index is 946. The number of likely N-dealkylation sites (tertiary alicyclic amines) is 1. The van der Waals surface area contributed by atoms with Crippen LogP contribution in [0.4, 0.5) is 0 Å². The Balaban J connectivity index is 1.31. The summed E-state index contributed by atoms with van der Waals surface area (Å²) >= 11 is 0. The summed E-state index contributed by atoms with van der Waals surface area (Å²) in [5.41, 5.74) is 10.3. The Morgan fingerprint density at radius 2 is 1.82 bits per heavy atom. The van der Waals surface area contributed by atoms with Gasteiger partial charge in [-0.1, -0.05) is 54.6 Å². The second kappa shape index (κ2) is 9.96. The molecule has 0 radical (unpaired) electrons. The van der Waals surface area contributed by atoms with Crippen LogP contribution in [0.1, 0.15) is 55.2 Å². The molecule has 0 aliphatic carbocycles. The fourth-order valence-corrected chi connectivity index (χ4v) is 6.08. The van der Waals surface area contributed by atoms with Crippen LogP contribution in [0.15, 0.2) is 54.6 Å². The number of nitrogens with two attached hydrogens (primary N) is 1. The lowest BCUT2D eigenvalue weighted by Gasteiger charge is -2.42. The van der Waals surface area contributed by atoms with Crippen molar-refractivity contribution in [2.45, 2.75) is 75.7 Å². The Hall–Kier alpha value is -2.21. The highest BCUT2D eigenvalue weighted by Gasteiger charge is 2.37. The van der Waals surface area contributed by atoms with Crippen LogP contribution in [0.5, 0.6) is 0 Å². The summed E-state index contributed by atoms with van der Waals surface area (Å²) in [6.45, 7) is 5.90. The Labute approximate surface area is 198 Å². The van der Waals surface area contributed by atoms with E-state index >= 15 is 0 Å². The molecule has 0 saturated carbocycles. The zero-order valence-electron chi connectivity index (χ0n) is 19.8. The minimum Gasteiger partial charge on any atom is -0.332 e. The molecule has 2 aromatic rings. The van der Waals surface area contributed by atoms with Crippen LogP contribution in [0.3, 0.4) is 0 Å². The minimum absolute atomic E-state index is 0.0676. The van der Waals surface area contributed by atoms with E-state index in [4.69, 9.17) is 5.73 Å². The first-order valence-electron chi connectivity index (χ1n) is 12.7. The van der Waals surface area contributed by atoms with Gasteiger partial charge in [0.25, 0.3) is 0 Å². The second-order valence-corrected chi connectivity index (χ2v) is 10.4. The fourth-order valence-electron chi connectivity index (χ4n) is 6.08. The topological polar surface area (TPSA) is 61.6 Å². The van der Waals surface area contributed by atoms with Gasteiger partial charge < -0.3 is 20.9 Å². The third-order valence-electron chi connectivity index (χ3n) is 8.01. The van der Waals surface area contributed by atoms with Crippen molar-refractivity contribution in [2.75, 3.05) is 19.6 Å². The third kappa shape index (κ3) is 5.01. The highest BCUT2D eigenvalue weighted by atomic mass is 16.2. The summed E-state index contributed by atoms with van der Waals surface area (Å²) in [5.74, 6) is 0.858. The molecular weight excluding hydrogens is 408 g/mol. The molecular formula is C28H38N4O. The van der Waals surface area contributed by atoms with E-state index in [-0.39, 0.29) is 30.1 Å². The quantitative estimate of drug-likeness (QED) is 0.740. The second-order valence-electron chi connectivity index (χ2n) is 10.4. The number of hydrogen-bond acceptors (Lipinski definition) is 4. The van der Waals surface area contributed by atoms with Crippen molar-refractivity contribution < 1.29 is 4.79 Å². The molecule has 3 aliphatic heterocycles. The average molecular weight is 447 g/mol. The Morgan fingerprint density at radius 3 is 2.61 bits per heavy atom. The number of nitrogens with one attached hydrogen (secondary N) is 1. The van der Waals surface area contributed by atoms with Crippen LogP contribution in [0, 0.1) is 0 Å². The molecule has 3 aliphatic rings. The Morgan fingerprint density at radius 1 is 1.06 bits per heavy atom. The summed E-state index contributed by atoms with van der Waals surface area (Å²) in [7, 11) is 0. The molecule has 0 aromatic heterocycles. The minimum atomic E-state index is -0.113. The van der Waals surface area contributed by atoms with Gasteiger partial charge in [0.2, 0.25) is 5.91 Å². The molecule has 176 valence electrons. The van der Waals surface area contributed by atoms with Gasteiger partial charge in [-0.2, -0.15) is 0 Å². The molecule has 2 fully saturated rings. The first-order valence-corrected chi connectivity index (χ1v) is 12.7. The van der Waals surface area contributed by atoms with E-state index in [0.29, 0.717) is 5.92 Å². The lowest BCUT2D eigenvalue weighted by molar-refractivity contribution is -0.138. The van der Waals surface area contributed by atoms with Gasteiger partial charge in [0.05, 0.1) is 6.04 Å². The molecule has 2 saturated heterocycles. The van der Waals surface area contributed by atoms with E-state index in [1.165, 1.54) is 23.1 Å². The van der Waals surface area contributed by atoms with Gasteiger partial charge in [-0.25, -0.2) is 0 Å².